The van der Waals surface area contributed by atoms with Crippen LogP contribution in [0, 0.1) is 0 Å². The highest BCUT2D eigenvalue weighted by molar-refractivity contribution is 5.57. The molecule has 1 aromatic rings. The van der Waals surface area contributed by atoms with Gasteiger partial charge in [-0.15, -0.1) is 0 Å². The third-order valence-electron chi connectivity index (χ3n) is 4.68. The first kappa shape index (κ1) is 13.6. The Hall–Kier alpha value is -1.36. The lowest BCUT2D eigenvalue weighted by Crippen LogP contribution is -2.41. The Morgan fingerprint density at radius 1 is 1.20 bits per heavy atom. The van der Waals surface area contributed by atoms with E-state index in [0.29, 0.717) is 11.9 Å². The summed E-state index contributed by atoms with van der Waals surface area (Å²) < 4.78 is 0. The predicted octanol–water partition coefficient (Wildman–Crippen LogP) is 1.69. The normalized spacial score (nSPS) is 24.2. The average Bonchev–Trinajstić information content (AvgIpc) is 2.97. The van der Waals surface area contributed by atoms with E-state index in [1.165, 1.54) is 38.8 Å². The molecular formula is C15H25N5. The van der Waals surface area contributed by atoms with Crippen LogP contribution in [0.4, 0.5) is 11.6 Å². The van der Waals surface area contributed by atoms with Gasteiger partial charge < -0.3 is 10.6 Å². The average molecular weight is 275 g/mol. The first-order valence-electron chi connectivity index (χ1n) is 7.88. The van der Waals surface area contributed by atoms with E-state index in [1.807, 2.05) is 0 Å². The van der Waals surface area contributed by atoms with Crippen LogP contribution >= 0.6 is 0 Å². The Kier molecular flexibility index (Phi) is 4.05. The number of nitrogens with zero attached hydrogens (tertiary/aromatic N) is 4. The fraction of sp³-hybridized carbons (Fsp3) is 0.733. The summed E-state index contributed by atoms with van der Waals surface area (Å²) in [6, 6.07) is 0.691. The summed E-state index contributed by atoms with van der Waals surface area (Å²) in [5.74, 6) is 1.69. The smallest absolute Gasteiger partial charge is 0.137 e. The topological polar surface area (TPSA) is 58.3 Å². The van der Waals surface area contributed by atoms with E-state index in [9.17, 15) is 0 Å². The zero-order chi connectivity index (χ0) is 13.9. The molecule has 0 radical (unpaired) electrons. The van der Waals surface area contributed by atoms with Gasteiger partial charge in [0.25, 0.3) is 0 Å². The SMILES string of the molecule is CCc1c(N)ncnc1N1CCC(N2CCCCC2)C1. The number of hydrogen-bond acceptors (Lipinski definition) is 5. The number of piperidine rings is 1. The standard InChI is InChI=1S/C15H25N5/c1-2-13-14(16)17-11-18-15(13)20-9-6-12(10-20)19-7-4-3-5-8-19/h11-12H,2-10H2,1H3,(H2,16,17,18). The molecule has 2 N–H and O–H groups in total. The van der Waals surface area contributed by atoms with Gasteiger partial charge in [-0.05, 0) is 38.8 Å². The number of nitrogen functional groups attached to an aromatic ring is 1. The predicted molar refractivity (Wildman–Crippen MR) is 81.9 cm³/mol. The van der Waals surface area contributed by atoms with Crippen molar-refractivity contribution in [2.75, 3.05) is 36.8 Å². The van der Waals surface area contributed by atoms with E-state index in [4.69, 9.17) is 5.73 Å². The van der Waals surface area contributed by atoms with Crippen LogP contribution < -0.4 is 10.6 Å². The molecule has 1 unspecified atom stereocenters. The molecule has 110 valence electrons. The molecule has 1 aromatic heterocycles. The van der Waals surface area contributed by atoms with Gasteiger partial charge >= 0.3 is 0 Å². The summed E-state index contributed by atoms with van der Waals surface area (Å²) in [5, 5.41) is 0. The maximum atomic E-state index is 5.99. The van der Waals surface area contributed by atoms with Crippen LogP contribution in [0.3, 0.4) is 0 Å². The van der Waals surface area contributed by atoms with Crippen LogP contribution in [0.15, 0.2) is 6.33 Å². The maximum absolute atomic E-state index is 5.99. The van der Waals surface area contributed by atoms with Gasteiger partial charge in [-0.25, -0.2) is 9.97 Å². The fourth-order valence-electron chi connectivity index (χ4n) is 3.54. The summed E-state index contributed by atoms with van der Waals surface area (Å²) in [6.45, 7) is 6.83. The van der Waals surface area contributed by atoms with Crippen LogP contribution in [-0.2, 0) is 6.42 Å². The quantitative estimate of drug-likeness (QED) is 0.909. The Bertz CT molecular complexity index is 456. The maximum Gasteiger partial charge on any atom is 0.137 e. The van der Waals surface area contributed by atoms with E-state index < -0.39 is 0 Å². The molecule has 2 aliphatic heterocycles. The molecule has 5 nitrogen and oxygen atoms in total. The minimum atomic E-state index is 0.638. The van der Waals surface area contributed by atoms with Crippen LogP contribution in [0.5, 0.6) is 0 Å². The first-order valence-corrected chi connectivity index (χ1v) is 7.88. The number of likely N-dealkylation sites (tertiary alicyclic amines) is 1. The van der Waals surface area contributed by atoms with E-state index in [0.717, 1.165) is 30.9 Å². The van der Waals surface area contributed by atoms with Crippen LogP contribution in [0.2, 0.25) is 0 Å². The van der Waals surface area contributed by atoms with Gasteiger partial charge in [-0.3, -0.25) is 4.90 Å². The van der Waals surface area contributed by atoms with Crippen LogP contribution in [0.1, 0.15) is 38.2 Å². The molecular weight excluding hydrogens is 250 g/mol. The van der Waals surface area contributed by atoms with Crippen molar-refractivity contribution < 1.29 is 0 Å². The van der Waals surface area contributed by atoms with E-state index in [-0.39, 0.29) is 0 Å². The molecule has 3 heterocycles. The van der Waals surface area contributed by atoms with Gasteiger partial charge in [0.15, 0.2) is 0 Å². The summed E-state index contributed by atoms with van der Waals surface area (Å²) >= 11 is 0. The molecule has 0 aromatic carbocycles. The third kappa shape index (κ3) is 2.59. The second-order valence-corrected chi connectivity index (χ2v) is 5.90. The van der Waals surface area contributed by atoms with Crippen molar-refractivity contribution in [2.24, 2.45) is 0 Å². The Balaban J connectivity index is 1.72. The monoisotopic (exact) mass is 275 g/mol. The Labute approximate surface area is 121 Å². The molecule has 0 amide bonds. The molecule has 1 atom stereocenters. The van der Waals surface area contributed by atoms with Gasteiger partial charge in [0.1, 0.15) is 18.0 Å². The van der Waals surface area contributed by atoms with Crippen molar-refractivity contribution in [2.45, 2.75) is 45.1 Å². The highest BCUT2D eigenvalue weighted by Crippen LogP contribution is 2.28. The molecule has 5 heteroatoms. The molecule has 0 aliphatic carbocycles. The van der Waals surface area contributed by atoms with Crippen LogP contribution in [0.25, 0.3) is 0 Å². The second-order valence-electron chi connectivity index (χ2n) is 5.90. The van der Waals surface area contributed by atoms with E-state index in [2.05, 4.69) is 26.7 Å². The van der Waals surface area contributed by atoms with E-state index >= 15 is 0 Å². The van der Waals surface area contributed by atoms with Crippen molar-refractivity contribution in [3.63, 3.8) is 0 Å². The van der Waals surface area contributed by atoms with Crippen molar-refractivity contribution in [3.8, 4) is 0 Å². The van der Waals surface area contributed by atoms with Crippen molar-refractivity contribution in [3.05, 3.63) is 11.9 Å². The molecule has 2 fully saturated rings. The Morgan fingerprint density at radius 2 is 2.00 bits per heavy atom. The molecule has 3 rings (SSSR count). The first-order chi connectivity index (χ1) is 9.79. The van der Waals surface area contributed by atoms with Gasteiger partial charge in [-0.2, -0.15) is 0 Å². The minimum Gasteiger partial charge on any atom is -0.383 e. The highest BCUT2D eigenvalue weighted by atomic mass is 15.3. The molecule has 2 saturated heterocycles. The number of rotatable bonds is 3. The second kappa shape index (κ2) is 5.95. The summed E-state index contributed by atoms with van der Waals surface area (Å²) in [5.41, 5.74) is 7.09. The summed E-state index contributed by atoms with van der Waals surface area (Å²) in [4.78, 5) is 13.7. The number of nitrogens with two attached hydrogens (primary N) is 1. The third-order valence-corrected chi connectivity index (χ3v) is 4.68. The minimum absolute atomic E-state index is 0.638. The molecule has 2 aliphatic rings. The lowest BCUT2D eigenvalue weighted by atomic mass is 10.1. The van der Waals surface area contributed by atoms with Crippen LogP contribution in [-0.4, -0.2) is 47.1 Å². The zero-order valence-corrected chi connectivity index (χ0v) is 12.4. The number of hydrogen-bond donors (Lipinski definition) is 1. The van der Waals surface area contributed by atoms with Gasteiger partial charge in [-0.1, -0.05) is 13.3 Å². The lowest BCUT2D eigenvalue weighted by Gasteiger charge is -2.32. The van der Waals surface area contributed by atoms with Gasteiger partial charge in [0.05, 0.1) is 0 Å². The van der Waals surface area contributed by atoms with Crippen molar-refractivity contribution in [1.29, 1.82) is 0 Å². The number of aromatic nitrogens is 2. The van der Waals surface area contributed by atoms with Crippen molar-refractivity contribution >= 4 is 11.6 Å². The highest BCUT2D eigenvalue weighted by Gasteiger charge is 2.30. The molecule has 0 bridgehead atoms. The summed E-state index contributed by atoms with van der Waals surface area (Å²) in [7, 11) is 0. The van der Waals surface area contributed by atoms with Gasteiger partial charge in [0, 0.05) is 24.7 Å². The molecule has 0 spiro atoms. The van der Waals surface area contributed by atoms with Crippen molar-refractivity contribution in [1.82, 2.24) is 14.9 Å². The molecule has 20 heavy (non-hydrogen) atoms. The number of anilines is 2. The lowest BCUT2D eigenvalue weighted by molar-refractivity contribution is 0.174. The zero-order valence-electron chi connectivity index (χ0n) is 12.4. The molecule has 0 saturated carbocycles. The van der Waals surface area contributed by atoms with E-state index in [1.54, 1.807) is 6.33 Å². The summed E-state index contributed by atoms with van der Waals surface area (Å²) in [6.07, 6.45) is 7.85. The largest absolute Gasteiger partial charge is 0.383 e. The Morgan fingerprint density at radius 3 is 2.75 bits per heavy atom. The fourth-order valence-corrected chi connectivity index (χ4v) is 3.54. The van der Waals surface area contributed by atoms with Gasteiger partial charge in [0.2, 0.25) is 0 Å².